The average molecular weight is 339 g/mol. The van der Waals surface area contributed by atoms with Gasteiger partial charge in [0.1, 0.15) is 18.1 Å². The zero-order valence-electron chi connectivity index (χ0n) is 15.0. The molecule has 1 saturated heterocycles. The lowest BCUT2D eigenvalue weighted by atomic mass is 10.1. The summed E-state index contributed by atoms with van der Waals surface area (Å²) in [5.74, 6) is 1.72. The van der Waals surface area contributed by atoms with Gasteiger partial charge in [-0.3, -0.25) is 4.79 Å². The first-order chi connectivity index (χ1) is 12.2. The summed E-state index contributed by atoms with van der Waals surface area (Å²) >= 11 is 0. The van der Waals surface area contributed by atoms with Gasteiger partial charge in [-0.25, -0.2) is 0 Å². The molecule has 0 saturated carbocycles. The number of carbonyl (C=O) groups excluding carboxylic acids is 1. The summed E-state index contributed by atoms with van der Waals surface area (Å²) in [4.78, 5) is 14.6. The lowest BCUT2D eigenvalue weighted by Gasteiger charge is -2.18. The highest BCUT2D eigenvalue weighted by molar-refractivity contribution is 5.94. The minimum absolute atomic E-state index is 0.0951. The van der Waals surface area contributed by atoms with Gasteiger partial charge in [-0.15, -0.1) is 0 Å². The maximum absolute atomic E-state index is 12.6. The molecule has 0 N–H and O–H groups in total. The Labute approximate surface area is 149 Å². The van der Waals surface area contributed by atoms with Crippen LogP contribution in [0.25, 0.3) is 0 Å². The van der Waals surface area contributed by atoms with Gasteiger partial charge in [-0.1, -0.05) is 18.2 Å². The normalized spacial score (nSPS) is 13.8. The summed E-state index contributed by atoms with van der Waals surface area (Å²) in [6, 6.07) is 13.6. The Balaban J connectivity index is 1.80. The van der Waals surface area contributed by atoms with Crippen LogP contribution >= 0.6 is 0 Å². The lowest BCUT2D eigenvalue weighted by molar-refractivity contribution is 0.0792. The molecular formula is C21H25NO3. The monoisotopic (exact) mass is 339 g/mol. The van der Waals surface area contributed by atoms with Crippen molar-refractivity contribution in [2.75, 3.05) is 19.7 Å². The highest BCUT2D eigenvalue weighted by Gasteiger charge is 2.20. The molecule has 2 aromatic carbocycles. The molecule has 2 aromatic rings. The van der Waals surface area contributed by atoms with E-state index in [4.69, 9.17) is 9.47 Å². The van der Waals surface area contributed by atoms with E-state index in [0.717, 1.165) is 48.6 Å². The summed E-state index contributed by atoms with van der Waals surface area (Å²) in [5.41, 5.74) is 2.69. The second-order valence-corrected chi connectivity index (χ2v) is 6.31. The highest BCUT2D eigenvalue weighted by atomic mass is 16.5. The third-order valence-electron chi connectivity index (χ3n) is 4.48. The van der Waals surface area contributed by atoms with Gasteiger partial charge in [-0.05, 0) is 56.5 Å². The standard InChI is InChI=1S/C21H25NO3/c1-3-24-20-11-10-17(21(23)22-12-6-7-13-22)14-18(20)15-25-19-9-5-4-8-16(19)2/h4-5,8-11,14H,3,6-7,12-13,15H2,1-2H3. The molecule has 4 nitrogen and oxygen atoms in total. The molecule has 0 spiro atoms. The zero-order chi connectivity index (χ0) is 17.6. The predicted octanol–water partition coefficient (Wildman–Crippen LogP) is 4.21. The number of benzene rings is 2. The molecule has 0 atom stereocenters. The Kier molecular flexibility index (Phi) is 5.59. The van der Waals surface area contributed by atoms with Gasteiger partial charge in [-0.2, -0.15) is 0 Å². The first-order valence-corrected chi connectivity index (χ1v) is 8.92. The Hall–Kier alpha value is -2.49. The molecule has 1 heterocycles. The van der Waals surface area contributed by atoms with Gasteiger partial charge < -0.3 is 14.4 Å². The molecule has 132 valence electrons. The number of aryl methyl sites for hydroxylation is 1. The molecule has 1 fully saturated rings. The fourth-order valence-electron chi connectivity index (χ4n) is 3.10. The van der Waals surface area contributed by atoms with Crippen LogP contribution in [-0.4, -0.2) is 30.5 Å². The van der Waals surface area contributed by atoms with E-state index < -0.39 is 0 Å². The van der Waals surface area contributed by atoms with Crippen LogP contribution in [0.5, 0.6) is 11.5 Å². The zero-order valence-corrected chi connectivity index (χ0v) is 15.0. The first kappa shape index (κ1) is 17.3. The topological polar surface area (TPSA) is 38.8 Å². The molecule has 4 heteroatoms. The second kappa shape index (κ2) is 8.06. The molecule has 0 aromatic heterocycles. The van der Waals surface area contributed by atoms with E-state index >= 15 is 0 Å². The summed E-state index contributed by atoms with van der Waals surface area (Å²) in [5, 5.41) is 0. The van der Waals surface area contributed by atoms with E-state index in [2.05, 4.69) is 0 Å². The molecule has 1 amide bonds. The quantitative estimate of drug-likeness (QED) is 0.791. The van der Waals surface area contributed by atoms with Crippen LogP contribution in [0.4, 0.5) is 0 Å². The predicted molar refractivity (Wildman–Crippen MR) is 98.3 cm³/mol. The summed E-state index contributed by atoms with van der Waals surface area (Å²) < 4.78 is 11.7. The minimum Gasteiger partial charge on any atom is -0.493 e. The Bertz CT molecular complexity index is 736. The molecule has 0 aliphatic carbocycles. The molecule has 3 rings (SSSR count). The maximum atomic E-state index is 12.6. The third-order valence-corrected chi connectivity index (χ3v) is 4.48. The molecular weight excluding hydrogens is 314 g/mol. The van der Waals surface area contributed by atoms with Crippen LogP contribution < -0.4 is 9.47 Å². The molecule has 0 bridgehead atoms. The third kappa shape index (κ3) is 4.13. The Morgan fingerprint density at radius 1 is 1.04 bits per heavy atom. The van der Waals surface area contributed by atoms with Gasteiger partial charge in [0.2, 0.25) is 0 Å². The van der Waals surface area contributed by atoms with E-state index in [-0.39, 0.29) is 5.91 Å². The van der Waals surface area contributed by atoms with Crippen LogP contribution in [0.1, 0.15) is 41.3 Å². The lowest BCUT2D eigenvalue weighted by Crippen LogP contribution is -2.27. The number of nitrogens with zero attached hydrogens (tertiary/aromatic N) is 1. The van der Waals surface area contributed by atoms with E-state index in [9.17, 15) is 4.79 Å². The van der Waals surface area contributed by atoms with Crippen LogP contribution in [0.2, 0.25) is 0 Å². The average Bonchev–Trinajstić information content (AvgIpc) is 3.16. The van der Waals surface area contributed by atoms with E-state index in [1.54, 1.807) is 0 Å². The number of amides is 1. The van der Waals surface area contributed by atoms with Crippen molar-refractivity contribution in [1.29, 1.82) is 0 Å². The van der Waals surface area contributed by atoms with Crippen LogP contribution in [0.3, 0.4) is 0 Å². The van der Waals surface area contributed by atoms with Crippen LogP contribution in [-0.2, 0) is 6.61 Å². The smallest absolute Gasteiger partial charge is 0.253 e. The van der Waals surface area contributed by atoms with E-state index in [1.165, 1.54) is 0 Å². The van der Waals surface area contributed by atoms with Gasteiger partial charge >= 0.3 is 0 Å². The highest BCUT2D eigenvalue weighted by Crippen LogP contribution is 2.25. The second-order valence-electron chi connectivity index (χ2n) is 6.31. The Morgan fingerprint density at radius 3 is 2.52 bits per heavy atom. The molecule has 1 aliphatic rings. The van der Waals surface area contributed by atoms with Gasteiger partial charge in [0.25, 0.3) is 5.91 Å². The maximum Gasteiger partial charge on any atom is 0.253 e. The minimum atomic E-state index is 0.0951. The van der Waals surface area contributed by atoms with Crippen LogP contribution in [0.15, 0.2) is 42.5 Å². The number of rotatable bonds is 6. The summed E-state index contributed by atoms with van der Waals surface area (Å²) in [6.07, 6.45) is 2.18. The van der Waals surface area contributed by atoms with E-state index in [0.29, 0.717) is 18.8 Å². The first-order valence-electron chi connectivity index (χ1n) is 8.92. The summed E-state index contributed by atoms with van der Waals surface area (Å²) in [6.45, 7) is 6.63. The van der Waals surface area contributed by atoms with Gasteiger partial charge in [0.05, 0.1) is 6.61 Å². The number of likely N-dealkylation sites (tertiary alicyclic amines) is 1. The van der Waals surface area contributed by atoms with Crippen molar-refractivity contribution in [3.8, 4) is 11.5 Å². The van der Waals surface area contributed by atoms with Gasteiger partial charge in [0.15, 0.2) is 0 Å². The van der Waals surface area contributed by atoms with Crippen molar-refractivity contribution in [2.24, 2.45) is 0 Å². The van der Waals surface area contributed by atoms with Crippen molar-refractivity contribution < 1.29 is 14.3 Å². The van der Waals surface area contributed by atoms with Gasteiger partial charge in [0, 0.05) is 24.2 Å². The van der Waals surface area contributed by atoms with Crippen molar-refractivity contribution in [1.82, 2.24) is 4.90 Å². The molecule has 0 radical (unpaired) electrons. The number of carbonyl (C=O) groups is 1. The van der Waals surface area contributed by atoms with Crippen molar-refractivity contribution >= 4 is 5.91 Å². The number of ether oxygens (including phenoxy) is 2. The van der Waals surface area contributed by atoms with E-state index in [1.807, 2.05) is 61.2 Å². The molecule has 1 aliphatic heterocycles. The fraction of sp³-hybridized carbons (Fsp3) is 0.381. The largest absolute Gasteiger partial charge is 0.493 e. The fourth-order valence-corrected chi connectivity index (χ4v) is 3.10. The number of para-hydroxylation sites is 1. The van der Waals surface area contributed by atoms with Crippen molar-refractivity contribution in [3.05, 3.63) is 59.2 Å². The SMILES string of the molecule is CCOc1ccc(C(=O)N2CCCC2)cc1COc1ccccc1C. The van der Waals surface area contributed by atoms with Crippen LogP contribution in [0, 0.1) is 6.92 Å². The summed E-state index contributed by atoms with van der Waals surface area (Å²) in [7, 11) is 0. The number of hydrogen-bond donors (Lipinski definition) is 0. The van der Waals surface area contributed by atoms with Crippen molar-refractivity contribution in [2.45, 2.75) is 33.3 Å². The Morgan fingerprint density at radius 2 is 1.80 bits per heavy atom. The van der Waals surface area contributed by atoms with Crippen molar-refractivity contribution in [3.63, 3.8) is 0 Å². The number of hydrogen-bond acceptors (Lipinski definition) is 3. The molecule has 0 unspecified atom stereocenters. The molecule has 25 heavy (non-hydrogen) atoms.